The van der Waals surface area contributed by atoms with E-state index in [1.807, 2.05) is 0 Å². The summed E-state index contributed by atoms with van der Waals surface area (Å²) in [5.74, 6) is -0.307. The van der Waals surface area contributed by atoms with Crippen LogP contribution in [0.3, 0.4) is 0 Å². The largest absolute Gasteiger partial charge is 0.503 e. The van der Waals surface area contributed by atoms with Gasteiger partial charge in [0.15, 0.2) is 17.1 Å². The number of furan rings is 1. The van der Waals surface area contributed by atoms with Crippen molar-refractivity contribution >= 4 is 5.76 Å². The van der Waals surface area contributed by atoms with E-state index in [2.05, 4.69) is 0 Å². The van der Waals surface area contributed by atoms with E-state index >= 15 is 0 Å². The van der Waals surface area contributed by atoms with Gasteiger partial charge >= 0.3 is 0 Å². The number of hydrogen-bond acceptors (Lipinski definition) is 4. The zero-order valence-electron chi connectivity index (χ0n) is 5.98. The molecule has 1 rings (SSSR count). The van der Waals surface area contributed by atoms with Crippen molar-refractivity contribution in [1.82, 2.24) is 0 Å². The minimum absolute atomic E-state index is 0.119. The minimum atomic E-state index is -0.426. The molecule has 0 aliphatic rings. The maximum absolute atomic E-state index is 9.21. The summed E-state index contributed by atoms with van der Waals surface area (Å²) >= 11 is 0. The second-order valence-corrected chi connectivity index (χ2v) is 1.92. The molecule has 58 valence electrons. The molecule has 1 aromatic heterocycles. The van der Waals surface area contributed by atoms with Gasteiger partial charge in [-0.15, -0.1) is 0 Å². The zero-order chi connectivity index (χ0) is 8.97. The quantitative estimate of drug-likeness (QED) is 0.499. The van der Waals surface area contributed by atoms with Gasteiger partial charge in [0.2, 0.25) is 0 Å². The Morgan fingerprint density at radius 1 is 1.42 bits per heavy atom. The fourth-order valence-electron chi connectivity index (χ4n) is 0.667. The number of aliphatic hydroxyl groups excluding tert-OH is 1. The van der Waals surface area contributed by atoms with E-state index in [0.717, 1.165) is 0 Å². The molecule has 0 aliphatic heterocycles. The summed E-state index contributed by atoms with van der Waals surface area (Å²) in [7, 11) is 0. The van der Waals surface area contributed by atoms with Gasteiger partial charge in [-0.05, 0) is 12.1 Å². The smallest absolute Gasteiger partial charge is 0.187 e. The van der Waals surface area contributed by atoms with E-state index in [1.165, 1.54) is 12.3 Å². The Morgan fingerprint density at radius 3 is 2.50 bits per heavy atom. The average molecular weight is 160 g/mol. The average Bonchev–Trinajstić information content (AvgIpc) is 2.58. The second-order valence-electron chi connectivity index (χ2n) is 1.92. The molecule has 0 radical (unpaired) electrons. The molecule has 0 spiro atoms. The van der Waals surface area contributed by atoms with Crippen molar-refractivity contribution in [3.8, 4) is 12.1 Å². The van der Waals surface area contributed by atoms with Crippen LogP contribution in [0.1, 0.15) is 5.76 Å². The van der Waals surface area contributed by atoms with Gasteiger partial charge in [-0.25, -0.2) is 0 Å². The second kappa shape index (κ2) is 3.27. The van der Waals surface area contributed by atoms with Crippen molar-refractivity contribution in [2.24, 2.45) is 0 Å². The van der Waals surface area contributed by atoms with Gasteiger partial charge in [-0.2, -0.15) is 10.5 Å². The Balaban J connectivity index is 3.16. The van der Waals surface area contributed by atoms with E-state index in [-0.39, 0.29) is 11.3 Å². The molecular formula is C8H4N2O2. The highest BCUT2D eigenvalue weighted by atomic mass is 16.4. The summed E-state index contributed by atoms with van der Waals surface area (Å²) in [6.45, 7) is 0. The zero-order valence-corrected chi connectivity index (χ0v) is 5.98. The first-order valence-corrected chi connectivity index (χ1v) is 3.07. The van der Waals surface area contributed by atoms with E-state index in [4.69, 9.17) is 14.9 Å². The van der Waals surface area contributed by atoms with Crippen molar-refractivity contribution in [2.75, 3.05) is 0 Å². The van der Waals surface area contributed by atoms with E-state index in [9.17, 15) is 5.11 Å². The molecule has 0 saturated carbocycles. The number of aliphatic hydroxyl groups is 1. The lowest BCUT2D eigenvalue weighted by Crippen LogP contribution is -1.84. The van der Waals surface area contributed by atoms with Gasteiger partial charge in [-0.1, -0.05) is 0 Å². The summed E-state index contributed by atoms with van der Waals surface area (Å²) in [4.78, 5) is 0. The Morgan fingerprint density at radius 2 is 2.08 bits per heavy atom. The van der Waals surface area contributed by atoms with Gasteiger partial charge in [-0.3, -0.25) is 0 Å². The molecule has 1 aromatic rings. The van der Waals surface area contributed by atoms with Crippen LogP contribution in [0, 0.1) is 22.7 Å². The Bertz CT molecular complexity index is 360. The summed E-state index contributed by atoms with van der Waals surface area (Å²) in [5, 5.41) is 25.9. The SMILES string of the molecule is N#CC(C#N)=C(O)c1ccco1. The van der Waals surface area contributed by atoms with Crippen LogP contribution >= 0.6 is 0 Å². The van der Waals surface area contributed by atoms with E-state index < -0.39 is 5.76 Å². The molecule has 0 atom stereocenters. The van der Waals surface area contributed by atoms with Crippen molar-refractivity contribution in [2.45, 2.75) is 0 Å². The number of hydrogen-bond donors (Lipinski definition) is 1. The molecule has 0 saturated heterocycles. The van der Waals surface area contributed by atoms with Gasteiger partial charge in [0.25, 0.3) is 0 Å². The summed E-state index contributed by atoms with van der Waals surface area (Å²) in [5.41, 5.74) is -0.357. The standard InChI is InChI=1S/C8H4N2O2/c9-4-6(5-10)8(11)7-2-1-3-12-7/h1-3,11H. The number of allylic oxidation sites excluding steroid dienone is 1. The fraction of sp³-hybridized carbons (Fsp3) is 0. The van der Waals surface area contributed by atoms with Gasteiger partial charge in [0.1, 0.15) is 12.1 Å². The molecule has 1 N–H and O–H groups in total. The van der Waals surface area contributed by atoms with Crippen LogP contribution in [0.25, 0.3) is 5.76 Å². The van der Waals surface area contributed by atoms with Crippen molar-refractivity contribution in [3.63, 3.8) is 0 Å². The predicted octanol–water partition coefficient (Wildman–Crippen LogP) is 1.60. The van der Waals surface area contributed by atoms with Crippen molar-refractivity contribution in [3.05, 3.63) is 29.7 Å². The maximum atomic E-state index is 9.21. The first-order chi connectivity index (χ1) is 5.79. The molecule has 1 heterocycles. The summed E-state index contributed by atoms with van der Waals surface area (Å²) in [6.07, 6.45) is 1.35. The summed E-state index contributed by atoms with van der Waals surface area (Å²) in [6, 6.07) is 6.11. The van der Waals surface area contributed by atoms with Crippen LogP contribution in [0.5, 0.6) is 0 Å². The first-order valence-electron chi connectivity index (χ1n) is 3.07. The highest BCUT2D eigenvalue weighted by molar-refractivity contribution is 5.66. The lowest BCUT2D eigenvalue weighted by molar-refractivity contribution is 0.457. The van der Waals surface area contributed by atoms with Crippen LogP contribution in [0.4, 0.5) is 0 Å². The monoisotopic (exact) mass is 160 g/mol. The van der Waals surface area contributed by atoms with Gasteiger partial charge < -0.3 is 9.52 Å². The summed E-state index contributed by atoms with van der Waals surface area (Å²) < 4.78 is 4.77. The topological polar surface area (TPSA) is 81.0 Å². The predicted molar refractivity (Wildman–Crippen MR) is 39.5 cm³/mol. The molecule has 0 fully saturated rings. The van der Waals surface area contributed by atoms with Crippen LogP contribution in [0.2, 0.25) is 0 Å². The molecule has 12 heavy (non-hydrogen) atoms. The van der Waals surface area contributed by atoms with Crippen LogP contribution < -0.4 is 0 Å². The van der Waals surface area contributed by atoms with Crippen LogP contribution in [-0.4, -0.2) is 5.11 Å². The van der Waals surface area contributed by atoms with Crippen molar-refractivity contribution < 1.29 is 9.52 Å². The maximum Gasteiger partial charge on any atom is 0.187 e. The Kier molecular flexibility index (Phi) is 2.15. The van der Waals surface area contributed by atoms with Crippen molar-refractivity contribution in [1.29, 1.82) is 10.5 Å². The number of nitriles is 2. The lowest BCUT2D eigenvalue weighted by Gasteiger charge is -1.91. The lowest BCUT2D eigenvalue weighted by atomic mass is 10.2. The highest BCUT2D eigenvalue weighted by Crippen LogP contribution is 2.14. The Hall–Kier alpha value is -2.20. The van der Waals surface area contributed by atoms with Crippen LogP contribution in [-0.2, 0) is 0 Å². The molecule has 0 aromatic carbocycles. The minimum Gasteiger partial charge on any atom is -0.503 e. The van der Waals surface area contributed by atoms with E-state index in [0.29, 0.717) is 0 Å². The molecule has 4 nitrogen and oxygen atoms in total. The third-order valence-corrected chi connectivity index (χ3v) is 1.21. The van der Waals surface area contributed by atoms with Gasteiger partial charge in [0, 0.05) is 0 Å². The fourth-order valence-corrected chi connectivity index (χ4v) is 0.667. The normalized spacial score (nSPS) is 8.17. The molecule has 0 unspecified atom stereocenters. The Labute approximate surface area is 68.6 Å². The van der Waals surface area contributed by atoms with E-state index in [1.54, 1.807) is 18.2 Å². The number of nitrogens with zero attached hydrogens (tertiary/aromatic N) is 2. The highest BCUT2D eigenvalue weighted by Gasteiger charge is 2.08. The molecule has 0 bridgehead atoms. The third-order valence-electron chi connectivity index (χ3n) is 1.21. The van der Waals surface area contributed by atoms with Crippen LogP contribution in [0.15, 0.2) is 28.4 Å². The number of rotatable bonds is 1. The molecular weight excluding hydrogens is 156 g/mol. The third kappa shape index (κ3) is 1.28. The molecule has 0 amide bonds. The first kappa shape index (κ1) is 7.90. The molecule has 4 heteroatoms. The molecule has 0 aliphatic carbocycles. The van der Waals surface area contributed by atoms with Gasteiger partial charge in [0.05, 0.1) is 6.26 Å².